The van der Waals surface area contributed by atoms with Gasteiger partial charge in [-0.15, -0.1) is 0 Å². The minimum Gasteiger partial charge on any atom is -0.496 e. The Hall–Kier alpha value is -1.10. The zero-order valence-corrected chi connectivity index (χ0v) is 12.5. The van der Waals surface area contributed by atoms with Gasteiger partial charge in [-0.1, -0.05) is 27.5 Å². The molecule has 0 saturated carbocycles. The zero-order valence-electron chi connectivity index (χ0n) is 10.2. The van der Waals surface area contributed by atoms with Crippen LogP contribution >= 0.6 is 27.5 Å². The minimum absolute atomic E-state index is 0.346. The molecule has 1 atom stereocenters. The molecular weight excluding hydrogens is 333 g/mol. The largest absolute Gasteiger partial charge is 0.496 e. The molecule has 0 aromatic heterocycles. The molecule has 2 N–H and O–H groups in total. The molecule has 0 bridgehead atoms. The van der Waals surface area contributed by atoms with Crippen LogP contribution in [0, 0.1) is 5.82 Å². The van der Waals surface area contributed by atoms with Crippen LogP contribution in [0.4, 0.5) is 4.39 Å². The first-order valence-electron chi connectivity index (χ1n) is 5.56. The molecule has 2 aromatic rings. The second kappa shape index (κ2) is 5.90. The van der Waals surface area contributed by atoms with E-state index in [-0.39, 0.29) is 5.82 Å². The quantitative estimate of drug-likeness (QED) is 0.901. The lowest BCUT2D eigenvalue weighted by atomic mass is 9.98. The first-order valence-corrected chi connectivity index (χ1v) is 6.73. The van der Waals surface area contributed by atoms with Gasteiger partial charge in [0.2, 0.25) is 0 Å². The molecule has 0 fully saturated rings. The van der Waals surface area contributed by atoms with Gasteiger partial charge < -0.3 is 10.5 Å². The summed E-state index contributed by atoms with van der Waals surface area (Å²) in [6, 6.07) is 9.23. The van der Waals surface area contributed by atoms with Crippen molar-refractivity contribution < 1.29 is 9.13 Å². The van der Waals surface area contributed by atoms with Gasteiger partial charge in [0.05, 0.1) is 13.2 Å². The standard InChI is InChI=1S/C14H12BrClFNO/c1-19-13-3-2-10(16)7-12(13)14(18)8-4-9(15)6-11(17)5-8/h2-7,14H,18H2,1H3. The van der Waals surface area contributed by atoms with Crippen LogP contribution in [0.25, 0.3) is 0 Å². The summed E-state index contributed by atoms with van der Waals surface area (Å²) >= 11 is 9.22. The second-order valence-corrected chi connectivity index (χ2v) is 5.42. The van der Waals surface area contributed by atoms with Crippen LogP contribution in [-0.2, 0) is 0 Å². The third kappa shape index (κ3) is 3.26. The van der Waals surface area contributed by atoms with Crippen LogP contribution in [0.1, 0.15) is 17.2 Å². The summed E-state index contributed by atoms with van der Waals surface area (Å²) in [4.78, 5) is 0. The highest BCUT2D eigenvalue weighted by Crippen LogP contribution is 2.32. The van der Waals surface area contributed by atoms with Crippen molar-refractivity contribution in [2.45, 2.75) is 6.04 Å². The van der Waals surface area contributed by atoms with E-state index in [1.54, 1.807) is 31.4 Å². The molecule has 0 heterocycles. The summed E-state index contributed by atoms with van der Waals surface area (Å²) in [6.45, 7) is 0. The topological polar surface area (TPSA) is 35.2 Å². The van der Waals surface area contributed by atoms with Crippen molar-refractivity contribution in [3.8, 4) is 5.75 Å². The Bertz CT molecular complexity index is 586. The lowest BCUT2D eigenvalue weighted by Gasteiger charge is -2.17. The number of nitrogens with two attached hydrogens (primary N) is 1. The van der Waals surface area contributed by atoms with Gasteiger partial charge in [-0.3, -0.25) is 0 Å². The lowest BCUT2D eigenvalue weighted by molar-refractivity contribution is 0.408. The Morgan fingerprint density at radius 3 is 2.63 bits per heavy atom. The van der Waals surface area contributed by atoms with E-state index in [0.29, 0.717) is 26.4 Å². The lowest BCUT2D eigenvalue weighted by Crippen LogP contribution is -2.13. The number of methoxy groups -OCH3 is 1. The van der Waals surface area contributed by atoms with E-state index >= 15 is 0 Å². The van der Waals surface area contributed by atoms with Gasteiger partial charge in [-0.25, -0.2) is 4.39 Å². The van der Waals surface area contributed by atoms with E-state index in [1.807, 2.05) is 0 Å². The first-order chi connectivity index (χ1) is 9.01. The predicted octanol–water partition coefficient (Wildman–Crippen LogP) is 4.30. The average Bonchev–Trinajstić information content (AvgIpc) is 2.36. The van der Waals surface area contributed by atoms with E-state index in [2.05, 4.69) is 15.9 Å². The van der Waals surface area contributed by atoms with Gasteiger partial charge >= 0.3 is 0 Å². The third-order valence-electron chi connectivity index (χ3n) is 2.77. The molecule has 0 radical (unpaired) electrons. The molecule has 2 rings (SSSR count). The molecule has 2 aromatic carbocycles. The maximum Gasteiger partial charge on any atom is 0.124 e. The fourth-order valence-electron chi connectivity index (χ4n) is 1.88. The Kier molecular flexibility index (Phi) is 4.45. The molecule has 0 amide bonds. The van der Waals surface area contributed by atoms with Crippen LogP contribution in [0.5, 0.6) is 5.75 Å². The number of ether oxygens (including phenoxy) is 1. The van der Waals surface area contributed by atoms with E-state index < -0.39 is 6.04 Å². The summed E-state index contributed by atoms with van der Waals surface area (Å²) in [5.41, 5.74) is 7.53. The van der Waals surface area contributed by atoms with Crippen LogP contribution in [0.2, 0.25) is 5.02 Å². The van der Waals surface area contributed by atoms with E-state index in [4.69, 9.17) is 22.1 Å². The highest BCUT2D eigenvalue weighted by atomic mass is 79.9. The Morgan fingerprint density at radius 2 is 2.00 bits per heavy atom. The van der Waals surface area contributed by atoms with Crippen molar-refractivity contribution in [2.75, 3.05) is 7.11 Å². The van der Waals surface area contributed by atoms with Crippen LogP contribution in [-0.4, -0.2) is 7.11 Å². The number of hydrogen-bond acceptors (Lipinski definition) is 2. The molecule has 0 aliphatic rings. The van der Waals surface area contributed by atoms with Gasteiger partial charge in [0.15, 0.2) is 0 Å². The van der Waals surface area contributed by atoms with Crippen LogP contribution in [0.3, 0.4) is 0 Å². The summed E-state index contributed by atoms with van der Waals surface area (Å²) in [6.07, 6.45) is 0. The van der Waals surface area contributed by atoms with Crippen LogP contribution < -0.4 is 10.5 Å². The van der Waals surface area contributed by atoms with Crippen molar-refractivity contribution in [2.24, 2.45) is 5.73 Å². The SMILES string of the molecule is COc1ccc(Cl)cc1C(N)c1cc(F)cc(Br)c1. The highest BCUT2D eigenvalue weighted by Gasteiger charge is 2.16. The van der Waals surface area contributed by atoms with Crippen molar-refractivity contribution in [1.82, 2.24) is 0 Å². The first kappa shape index (κ1) is 14.3. The van der Waals surface area contributed by atoms with Gasteiger partial charge in [-0.05, 0) is 42.0 Å². The van der Waals surface area contributed by atoms with Crippen molar-refractivity contribution in [3.05, 3.63) is 62.8 Å². The molecule has 0 spiro atoms. The summed E-state index contributed by atoms with van der Waals surface area (Å²) < 4.78 is 19.3. The maximum atomic E-state index is 13.4. The molecule has 1 unspecified atom stereocenters. The van der Waals surface area contributed by atoms with Crippen molar-refractivity contribution in [1.29, 1.82) is 0 Å². The van der Waals surface area contributed by atoms with Crippen LogP contribution in [0.15, 0.2) is 40.9 Å². The van der Waals surface area contributed by atoms with Gasteiger partial charge in [-0.2, -0.15) is 0 Å². The fourth-order valence-corrected chi connectivity index (χ4v) is 2.55. The molecule has 100 valence electrons. The summed E-state index contributed by atoms with van der Waals surface area (Å²) in [5.74, 6) is 0.276. The molecule has 19 heavy (non-hydrogen) atoms. The smallest absolute Gasteiger partial charge is 0.124 e. The highest BCUT2D eigenvalue weighted by molar-refractivity contribution is 9.10. The number of halogens is 3. The monoisotopic (exact) mass is 343 g/mol. The normalized spacial score (nSPS) is 12.3. The maximum absolute atomic E-state index is 13.4. The van der Waals surface area contributed by atoms with E-state index in [0.717, 1.165) is 0 Å². The molecule has 0 aliphatic carbocycles. The van der Waals surface area contributed by atoms with E-state index in [1.165, 1.54) is 12.1 Å². The fraction of sp³-hybridized carbons (Fsp3) is 0.143. The third-order valence-corrected chi connectivity index (χ3v) is 3.46. The molecule has 0 saturated heterocycles. The summed E-state index contributed by atoms with van der Waals surface area (Å²) in [5, 5.41) is 0.557. The average molecular weight is 345 g/mol. The van der Waals surface area contributed by atoms with Gasteiger partial charge in [0.1, 0.15) is 11.6 Å². The molecule has 2 nitrogen and oxygen atoms in total. The Balaban J connectivity index is 2.48. The number of benzene rings is 2. The second-order valence-electron chi connectivity index (χ2n) is 4.07. The number of hydrogen-bond donors (Lipinski definition) is 1. The number of rotatable bonds is 3. The van der Waals surface area contributed by atoms with Crippen molar-refractivity contribution in [3.63, 3.8) is 0 Å². The Labute approximate surface area is 124 Å². The van der Waals surface area contributed by atoms with E-state index in [9.17, 15) is 4.39 Å². The van der Waals surface area contributed by atoms with Crippen molar-refractivity contribution >= 4 is 27.5 Å². The Morgan fingerprint density at radius 1 is 1.26 bits per heavy atom. The zero-order chi connectivity index (χ0) is 14.0. The summed E-state index contributed by atoms with van der Waals surface area (Å²) in [7, 11) is 1.56. The molecular formula is C14H12BrClFNO. The predicted molar refractivity (Wildman–Crippen MR) is 78.1 cm³/mol. The minimum atomic E-state index is -0.513. The molecule has 0 aliphatic heterocycles. The van der Waals surface area contributed by atoms with Gasteiger partial charge in [0, 0.05) is 15.1 Å². The molecule has 5 heteroatoms. The van der Waals surface area contributed by atoms with Gasteiger partial charge in [0.25, 0.3) is 0 Å².